The number of nitrogens with zero attached hydrogens (tertiary/aromatic N) is 2. The number of hydrogen-bond acceptors (Lipinski definition) is 8. The Morgan fingerprint density at radius 1 is 1.00 bits per heavy atom. The maximum absolute atomic E-state index is 14.3. The lowest BCUT2D eigenvalue weighted by Crippen LogP contribution is -2.57. The molecular weight excluding hydrogens is 466 g/mol. The number of piperidine rings is 1. The molecule has 1 spiro atoms. The molecule has 3 heterocycles. The molecule has 1 amide bonds. The van der Waals surface area contributed by atoms with Gasteiger partial charge in [0.25, 0.3) is 6.23 Å². The Hall–Kier alpha value is -3.57. The van der Waals surface area contributed by atoms with Gasteiger partial charge in [-0.1, -0.05) is 29.3 Å². The molecular formula is C24H22F2N2O7. The van der Waals surface area contributed by atoms with Gasteiger partial charge >= 0.3 is 18.0 Å². The van der Waals surface area contributed by atoms with Crippen LogP contribution in [0.4, 0.5) is 13.6 Å². The first-order valence-electron chi connectivity index (χ1n) is 11.1. The van der Waals surface area contributed by atoms with Gasteiger partial charge in [0.05, 0.1) is 13.2 Å². The van der Waals surface area contributed by atoms with E-state index in [1.807, 2.05) is 0 Å². The summed E-state index contributed by atoms with van der Waals surface area (Å²) in [4.78, 5) is 41.9. The third-order valence-corrected chi connectivity index (χ3v) is 6.45. The van der Waals surface area contributed by atoms with Crippen molar-refractivity contribution in [2.75, 3.05) is 26.2 Å². The SMILES string of the molecule is O=C1OC2N(OC1=O)C(=O)OC21CCN(CCOCc2ccc(F)cc2-c2ccccc2F)CC1. The summed E-state index contributed by atoms with van der Waals surface area (Å²) < 4.78 is 44.4. The van der Waals surface area contributed by atoms with Crippen molar-refractivity contribution in [1.29, 1.82) is 0 Å². The van der Waals surface area contributed by atoms with E-state index in [1.54, 1.807) is 24.3 Å². The van der Waals surface area contributed by atoms with Crippen LogP contribution in [-0.2, 0) is 35.2 Å². The number of benzene rings is 2. The average molecular weight is 488 g/mol. The van der Waals surface area contributed by atoms with Gasteiger partial charge in [0.1, 0.15) is 11.6 Å². The smallest absolute Gasteiger partial charge is 0.434 e. The minimum Gasteiger partial charge on any atom is -0.434 e. The van der Waals surface area contributed by atoms with Crippen molar-refractivity contribution in [3.63, 3.8) is 0 Å². The molecule has 3 aliphatic heterocycles. The highest BCUT2D eigenvalue weighted by Gasteiger charge is 2.62. The van der Waals surface area contributed by atoms with E-state index in [0.717, 1.165) is 0 Å². The topological polar surface area (TPSA) is 94.6 Å². The van der Waals surface area contributed by atoms with Crippen LogP contribution in [0.1, 0.15) is 18.4 Å². The van der Waals surface area contributed by atoms with E-state index < -0.39 is 41.5 Å². The molecule has 1 unspecified atom stereocenters. The number of carbonyl (C=O) groups excluding carboxylic acids is 3. The average Bonchev–Trinajstić information content (AvgIpc) is 3.09. The number of fused-ring (bicyclic) bond motifs is 2. The van der Waals surface area contributed by atoms with Gasteiger partial charge in [0.15, 0.2) is 5.60 Å². The summed E-state index contributed by atoms with van der Waals surface area (Å²) in [5.41, 5.74) is 0.341. The fourth-order valence-corrected chi connectivity index (χ4v) is 4.58. The molecule has 184 valence electrons. The number of halogens is 2. The fourth-order valence-electron chi connectivity index (χ4n) is 4.58. The predicted molar refractivity (Wildman–Crippen MR) is 114 cm³/mol. The second-order valence-corrected chi connectivity index (χ2v) is 8.57. The first kappa shape index (κ1) is 23.2. The van der Waals surface area contributed by atoms with Gasteiger partial charge in [-0.15, -0.1) is 0 Å². The van der Waals surface area contributed by atoms with Crippen molar-refractivity contribution in [3.8, 4) is 11.1 Å². The third kappa shape index (κ3) is 4.44. The largest absolute Gasteiger partial charge is 0.447 e. The molecule has 1 atom stereocenters. The standard InChI is InChI=1S/C24H22F2N2O7/c25-16-6-5-15(18(13-16)17-3-1-2-4-19(17)26)14-32-12-11-27-9-7-24(8-10-27)22-28(23(31)34-24)35-21(30)20(29)33-22/h1-6,13,22H,7-12,14H2. The van der Waals surface area contributed by atoms with E-state index >= 15 is 0 Å². The maximum Gasteiger partial charge on any atom is 0.447 e. The highest BCUT2D eigenvalue weighted by atomic mass is 19.1. The highest BCUT2D eigenvalue weighted by molar-refractivity contribution is 6.30. The van der Waals surface area contributed by atoms with Crippen molar-refractivity contribution >= 4 is 18.0 Å². The van der Waals surface area contributed by atoms with Crippen LogP contribution < -0.4 is 0 Å². The lowest BCUT2D eigenvalue weighted by molar-refractivity contribution is -0.251. The summed E-state index contributed by atoms with van der Waals surface area (Å²) in [6.07, 6.45) is -1.22. The quantitative estimate of drug-likeness (QED) is 0.348. The van der Waals surface area contributed by atoms with Crippen LogP contribution in [0.2, 0.25) is 0 Å². The van der Waals surface area contributed by atoms with Crippen LogP contribution in [0.15, 0.2) is 42.5 Å². The molecule has 0 saturated carbocycles. The Labute approximate surface area is 199 Å². The van der Waals surface area contributed by atoms with Gasteiger partial charge in [0, 0.05) is 38.0 Å². The van der Waals surface area contributed by atoms with Crippen LogP contribution in [0.3, 0.4) is 0 Å². The Morgan fingerprint density at radius 3 is 2.54 bits per heavy atom. The summed E-state index contributed by atoms with van der Waals surface area (Å²) in [6.45, 7) is 2.18. The first-order chi connectivity index (χ1) is 16.9. The number of carbonyl (C=O) groups is 3. The van der Waals surface area contributed by atoms with Crippen LogP contribution >= 0.6 is 0 Å². The zero-order valence-corrected chi connectivity index (χ0v) is 18.6. The number of likely N-dealkylation sites (tertiary alicyclic amines) is 1. The third-order valence-electron chi connectivity index (χ3n) is 6.45. The molecule has 0 aromatic heterocycles. The first-order valence-corrected chi connectivity index (χ1v) is 11.1. The Morgan fingerprint density at radius 2 is 1.77 bits per heavy atom. The molecule has 0 bridgehead atoms. The van der Waals surface area contributed by atoms with Gasteiger partial charge in [-0.2, -0.15) is 0 Å². The summed E-state index contributed by atoms with van der Waals surface area (Å²) in [5, 5.41) is 0.679. The molecule has 3 saturated heterocycles. The molecule has 11 heteroatoms. The summed E-state index contributed by atoms with van der Waals surface area (Å²) in [6, 6.07) is 10.4. The van der Waals surface area contributed by atoms with Gasteiger partial charge < -0.3 is 23.9 Å². The number of rotatable bonds is 6. The van der Waals surface area contributed by atoms with Crippen LogP contribution in [-0.4, -0.2) is 66.1 Å². The molecule has 9 nitrogen and oxygen atoms in total. The normalized spacial score (nSPS) is 21.5. The second kappa shape index (κ2) is 9.23. The minimum absolute atomic E-state index is 0.178. The molecule has 5 rings (SSSR count). The maximum atomic E-state index is 14.3. The molecule has 2 aromatic carbocycles. The fraction of sp³-hybridized carbons (Fsp3) is 0.375. The zero-order valence-electron chi connectivity index (χ0n) is 18.6. The van der Waals surface area contributed by atoms with Crippen molar-refractivity contribution in [3.05, 3.63) is 59.7 Å². The van der Waals surface area contributed by atoms with Gasteiger partial charge in [-0.25, -0.2) is 23.2 Å². The lowest BCUT2D eigenvalue weighted by atomic mass is 9.89. The molecule has 3 fully saturated rings. The van der Waals surface area contributed by atoms with Crippen molar-refractivity contribution < 1.29 is 42.2 Å². The molecule has 0 radical (unpaired) electrons. The molecule has 3 aliphatic rings. The van der Waals surface area contributed by atoms with E-state index in [-0.39, 0.29) is 6.61 Å². The molecule has 35 heavy (non-hydrogen) atoms. The van der Waals surface area contributed by atoms with Crippen LogP contribution in [0.25, 0.3) is 11.1 Å². The van der Waals surface area contributed by atoms with Crippen molar-refractivity contribution in [1.82, 2.24) is 9.96 Å². The Bertz CT molecular complexity index is 1170. The van der Waals surface area contributed by atoms with Crippen LogP contribution in [0.5, 0.6) is 0 Å². The number of ether oxygens (including phenoxy) is 3. The van der Waals surface area contributed by atoms with E-state index in [9.17, 15) is 23.2 Å². The van der Waals surface area contributed by atoms with E-state index in [1.165, 1.54) is 18.2 Å². The summed E-state index contributed by atoms with van der Waals surface area (Å²) >= 11 is 0. The van der Waals surface area contributed by atoms with E-state index in [2.05, 4.69) is 4.90 Å². The number of hydroxylamine groups is 2. The monoisotopic (exact) mass is 488 g/mol. The summed E-state index contributed by atoms with van der Waals surface area (Å²) in [7, 11) is 0. The zero-order chi connectivity index (χ0) is 24.6. The number of hydrogen-bond donors (Lipinski definition) is 0. The van der Waals surface area contributed by atoms with Gasteiger partial charge in [-0.3, -0.25) is 0 Å². The lowest BCUT2D eigenvalue weighted by Gasteiger charge is -2.40. The van der Waals surface area contributed by atoms with Crippen molar-refractivity contribution in [2.24, 2.45) is 0 Å². The predicted octanol–water partition coefficient (Wildman–Crippen LogP) is 2.78. The van der Waals surface area contributed by atoms with E-state index in [0.29, 0.717) is 60.8 Å². The molecule has 2 aromatic rings. The molecule has 0 aliphatic carbocycles. The number of amides is 1. The van der Waals surface area contributed by atoms with Gasteiger partial charge in [0.2, 0.25) is 0 Å². The Balaban J connectivity index is 1.15. The Kier molecular flexibility index (Phi) is 6.12. The second-order valence-electron chi connectivity index (χ2n) is 8.57. The molecule has 0 N–H and O–H groups in total. The summed E-state index contributed by atoms with van der Waals surface area (Å²) in [5.74, 6) is -3.32. The van der Waals surface area contributed by atoms with Crippen LogP contribution in [0, 0.1) is 11.6 Å². The van der Waals surface area contributed by atoms with Gasteiger partial charge in [-0.05, 0) is 29.3 Å². The minimum atomic E-state index is -1.26. The number of esters is 1. The highest BCUT2D eigenvalue weighted by Crippen LogP contribution is 2.40. The van der Waals surface area contributed by atoms with Crippen molar-refractivity contribution in [2.45, 2.75) is 31.3 Å². The van der Waals surface area contributed by atoms with E-state index in [4.69, 9.17) is 19.0 Å².